The zero-order chi connectivity index (χ0) is 22.7. The van der Waals surface area contributed by atoms with Crippen LogP contribution in [0.1, 0.15) is 55.6 Å². The fourth-order valence-electron chi connectivity index (χ4n) is 4.67. The molecular weight excluding hydrogens is 416 g/mol. The molecule has 2 aliphatic rings. The van der Waals surface area contributed by atoms with Crippen molar-refractivity contribution in [3.63, 3.8) is 0 Å². The number of carbonyl (C=O) groups excluding carboxylic acids is 1. The van der Waals surface area contributed by atoms with Crippen LogP contribution in [0, 0.1) is 11.8 Å². The van der Waals surface area contributed by atoms with Crippen molar-refractivity contribution in [3.05, 3.63) is 57.8 Å². The second-order valence-corrected chi connectivity index (χ2v) is 9.10. The normalized spacial score (nSPS) is 23.8. The van der Waals surface area contributed by atoms with Crippen molar-refractivity contribution in [2.75, 3.05) is 13.1 Å². The van der Waals surface area contributed by atoms with Crippen molar-refractivity contribution < 1.29 is 13.6 Å². The van der Waals surface area contributed by atoms with Gasteiger partial charge in [0.15, 0.2) is 0 Å². The molecule has 2 atom stereocenters. The first-order chi connectivity index (χ1) is 15.3. The first-order valence-corrected chi connectivity index (χ1v) is 11.2. The van der Waals surface area contributed by atoms with Gasteiger partial charge in [-0.3, -0.25) is 14.5 Å². The van der Waals surface area contributed by atoms with Crippen LogP contribution < -0.4 is 10.9 Å². The molecule has 2 heterocycles. The molecule has 1 aliphatic heterocycles. The van der Waals surface area contributed by atoms with Gasteiger partial charge in [-0.05, 0) is 24.3 Å². The van der Waals surface area contributed by atoms with E-state index in [2.05, 4.69) is 44.5 Å². The van der Waals surface area contributed by atoms with Gasteiger partial charge in [0.2, 0.25) is 11.8 Å². The smallest absolute Gasteiger partial charge is 0.274 e. The number of likely N-dealkylation sites (tertiary alicyclic amines) is 1. The average molecular weight is 446 g/mol. The predicted octanol–water partition coefficient (Wildman–Crippen LogP) is 2.84. The first kappa shape index (κ1) is 22.5. The fourth-order valence-corrected chi connectivity index (χ4v) is 4.67. The molecule has 1 saturated carbocycles. The molecule has 0 bridgehead atoms. The number of rotatable bonds is 6. The van der Waals surface area contributed by atoms with E-state index >= 15 is 0 Å². The van der Waals surface area contributed by atoms with E-state index in [1.807, 2.05) is 18.2 Å². The summed E-state index contributed by atoms with van der Waals surface area (Å²) in [5.41, 5.74) is 0.988. The molecule has 9 heteroatoms. The Morgan fingerprint density at radius 1 is 1.19 bits per heavy atom. The van der Waals surface area contributed by atoms with Gasteiger partial charge in [-0.1, -0.05) is 37.3 Å². The minimum Gasteiger partial charge on any atom is -0.350 e. The number of hydrogen-bond acceptors (Lipinski definition) is 5. The van der Waals surface area contributed by atoms with Crippen molar-refractivity contribution in [3.8, 4) is 0 Å². The SMILES string of the molecule is CC1CN(Cc2ccccc2)CC1c1nnc(CNC(=O)C2CCC(F)(F)CC2)c(=O)[nH]1. The van der Waals surface area contributed by atoms with Gasteiger partial charge in [-0.2, -0.15) is 0 Å². The summed E-state index contributed by atoms with van der Waals surface area (Å²) in [5, 5.41) is 11.0. The number of halogens is 2. The van der Waals surface area contributed by atoms with Crippen molar-refractivity contribution in [2.24, 2.45) is 11.8 Å². The van der Waals surface area contributed by atoms with Gasteiger partial charge in [-0.25, -0.2) is 8.78 Å². The number of aromatic amines is 1. The summed E-state index contributed by atoms with van der Waals surface area (Å²) >= 11 is 0. The summed E-state index contributed by atoms with van der Waals surface area (Å²) in [4.78, 5) is 30.0. The van der Waals surface area contributed by atoms with E-state index in [-0.39, 0.29) is 55.3 Å². The van der Waals surface area contributed by atoms with Crippen molar-refractivity contribution >= 4 is 5.91 Å². The Morgan fingerprint density at radius 3 is 2.59 bits per heavy atom. The maximum Gasteiger partial charge on any atom is 0.274 e. The van der Waals surface area contributed by atoms with E-state index in [9.17, 15) is 18.4 Å². The number of carbonyl (C=O) groups is 1. The van der Waals surface area contributed by atoms with Crippen LogP contribution in [-0.2, 0) is 17.9 Å². The largest absolute Gasteiger partial charge is 0.350 e. The van der Waals surface area contributed by atoms with Crippen molar-refractivity contribution in [2.45, 2.75) is 57.5 Å². The Bertz CT molecular complexity index is 987. The third-order valence-electron chi connectivity index (χ3n) is 6.59. The number of amides is 1. The molecule has 1 aromatic carbocycles. The number of nitrogens with zero attached hydrogens (tertiary/aromatic N) is 3. The molecule has 1 saturated heterocycles. The second kappa shape index (κ2) is 9.44. The van der Waals surface area contributed by atoms with E-state index in [1.54, 1.807) is 0 Å². The summed E-state index contributed by atoms with van der Waals surface area (Å²) in [6.45, 7) is 4.60. The number of alkyl halides is 2. The minimum atomic E-state index is -2.68. The van der Waals surface area contributed by atoms with Crippen LogP contribution in [0.5, 0.6) is 0 Å². The zero-order valence-electron chi connectivity index (χ0n) is 18.2. The molecule has 32 heavy (non-hydrogen) atoms. The lowest BCUT2D eigenvalue weighted by Crippen LogP contribution is -2.37. The van der Waals surface area contributed by atoms with Gasteiger partial charge in [0, 0.05) is 44.3 Å². The Labute approximate surface area is 185 Å². The monoisotopic (exact) mass is 445 g/mol. The lowest BCUT2D eigenvalue weighted by atomic mass is 9.86. The van der Waals surface area contributed by atoms with Gasteiger partial charge in [0.25, 0.3) is 5.56 Å². The zero-order valence-corrected chi connectivity index (χ0v) is 18.2. The summed E-state index contributed by atoms with van der Waals surface area (Å²) in [7, 11) is 0. The fraction of sp³-hybridized carbons (Fsp3) is 0.565. The van der Waals surface area contributed by atoms with Crippen molar-refractivity contribution in [1.29, 1.82) is 0 Å². The van der Waals surface area contributed by atoms with Crippen LogP contribution in [0.3, 0.4) is 0 Å². The van der Waals surface area contributed by atoms with Crippen LogP contribution in [0.15, 0.2) is 35.1 Å². The number of hydrogen-bond donors (Lipinski definition) is 2. The van der Waals surface area contributed by atoms with Gasteiger partial charge in [0.05, 0.1) is 6.54 Å². The molecule has 4 rings (SSSR count). The molecule has 2 unspecified atom stereocenters. The molecule has 172 valence electrons. The van der Waals surface area contributed by atoms with Gasteiger partial charge in [-0.15, -0.1) is 10.2 Å². The van der Waals surface area contributed by atoms with E-state index in [0.717, 1.165) is 19.6 Å². The third kappa shape index (κ3) is 5.38. The third-order valence-corrected chi connectivity index (χ3v) is 6.59. The average Bonchev–Trinajstić information content (AvgIpc) is 3.13. The molecule has 2 fully saturated rings. The summed E-state index contributed by atoms with van der Waals surface area (Å²) in [5.74, 6) is -2.49. The maximum atomic E-state index is 13.3. The highest BCUT2D eigenvalue weighted by atomic mass is 19.3. The highest BCUT2D eigenvalue weighted by Crippen LogP contribution is 2.36. The van der Waals surface area contributed by atoms with E-state index in [0.29, 0.717) is 11.7 Å². The summed E-state index contributed by atoms with van der Waals surface area (Å²) in [6.07, 6.45) is -0.250. The lowest BCUT2D eigenvalue weighted by molar-refractivity contribution is -0.129. The predicted molar refractivity (Wildman–Crippen MR) is 115 cm³/mol. The lowest BCUT2D eigenvalue weighted by Gasteiger charge is -2.27. The molecule has 1 aromatic heterocycles. The van der Waals surface area contributed by atoms with Gasteiger partial charge < -0.3 is 10.3 Å². The van der Waals surface area contributed by atoms with Crippen LogP contribution in [-0.4, -0.2) is 45.0 Å². The van der Waals surface area contributed by atoms with Crippen LogP contribution in [0.4, 0.5) is 8.78 Å². The molecule has 0 radical (unpaired) electrons. The Kier molecular flexibility index (Phi) is 6.64. The first-order valence-electron chi connectivity index (χ1n) is 11.2. The Hall–Kier alpha value is -2.68. The molecule has 1 aliphatic carbocycles. The van der Waals surface area contributed by atoms with E-state index < -0.39 is 11.8 Å². The molecule has 7 nitrogen and oxygen atoms in total. The molecular formula is C23H29F2N5O2. The number of aromatic nitrogens is 3. The topological polar surface area (TPSA) is 91.0 Å². The van der Waals surface area contributed by atoms with Crippen molar-refractivity contribution in [1.82, 2.24) is 25.4 Å². The van der Waals surface area contributed by atoms with Crippen LogP contribution >= 0.6 is 0 Å². The highest BCUT2D eigenvalue weighted by molar-refractivity contribution is 5.78. The summed E-state index contributed by atoms with van der Waals surface area (Å²) in [6, 6.07) is 10.2. The minimum absolute atomic E-state index is 0.0608. The second-order valence-electron chi connectivity index (χ2n) is 9.10. The summed E-state index contributed by atoms with van der Waals surface area (Å²) < 4.78 is 26.5. The number of benzene rings is 1. The molecule has 2 aromatic rings. The highest BCUT2D eigenvalue weighted by Gasteiger charge is 2.37. The van der Waals surface area contributed by atoms with Gasteiger partial charge >= 0.3 is 0 Å². The Balaban J connectivity index is 1.33. The Morgan fingerprint density at radius 2 is 1.91 bits per heavy atom. The molecule has 0 spiro atoms. The van der Waals surface area contributed by atoms with Crippen LogP contribution in [0.2, 0.25) is 0 Å². The number of H-pyrrole nitrogens is 1. The van der Waals surface area contributed by atoms with Crippen LogP contribution in [0.25, 0.3) is 0 Å². The standard InChI is InChI=1S/C23H29F2N5O2/c1-15-12-30(13-16-5-3-2-4-6-16)14-18(15)20-27-22(32)19(28-29-20)11-26-21(31)17-7-9-23(24,25)10-8-17/h2-6,15,17-18H,7-14H2,1H3,(H,26,31)(H,27,29,32). The van der Waals surface area contributed by atoms with Gasteiger partial charge in [0.1, 0.15) is 11.5 Å². The maximum absolute atomic E-state index is 13.3. The number of nitrogens with one attached hydrogen (secondary N) is 2. The van der Waals surface area contributed by atoms with E-state index in [1.165, 1.54) is 5.56 Å². The molecule has 1 amide bonds. The quantitative estimate of drug-likeness (QED) is 0.714. The van der Waals surface area contributed by atoms with E-state index in [4.69, 9.17) is 0 Å². The molecule has 2 N–H and O–H groups in total.